The molecule has 0 aliphatic heterocycles. The summed E-state index contributed by atoms with van der Waals surface area (Å²) < 4.78 is 5.05. The Hall–Kier alpha value is -2.14. The first kappa shape index (κ1) is 15.9. The van der Waals surface area contributed by atoms with Gasteiger partial charge in [0.05, 0.1) is 19.2 Å². The second kappa shape index (κ2) is 8.95. The van der Waals surface area contributed by atoms with E-state index in [-0.39, 0.29) is 0 Å². The van der Waals surface area contributed by atoms with E-state index in [9.17, 15) is 4.79 Å². The van der Waals surface area contributed by atoms with Crippen LogP contribution in [0.3, 0.4) is 0 Å². The quantitative estimate of drug-likeness (QED) is 0.474. The topological polar surface area (TPSA) is 62.1 Å². The monoisotopic (exact) mass is 250 g/mol. The minimum atomic E-state index is 0.521. The summed E-state index contributed by atoms with van der Waals surface area (Å²) in [7, 11) is 2.53. The first-order valence-corrected chi connectivity index (χ1v) is 5.17. The van der Waals surface area contributed by atoms with E-state index in [2.05, 4.69) is 18.4 Å². The van der Waals surface area contributed by atoms with Crippen molar-refractivity contribution in [3.05, 3.63) is 42.1 Å². The van der Waals surface area contributed by atoms with Gasteiger partial charge < -0.3 is 9.84 Å². The zero-order valence-corrected chi connectivity index (χ0v) is 10.7. The largest absolute Gasteiger partial charge is 0.496 e. The van der Waals surface area contributed by atoms with Crippen molar-refractivity contribution in [2.45, 2.75) is 6.54 Å². The zero-order valence-electron chi connectivity index (χ0n) is 10.7. The molecular formula is C13H18N2O3. The maximum Gasteiger partial charge on any atom is 0.153 e. The van der Waals surface area contributed by atoms with Gasteiger partial charge >= 0.3 is 0 Å². The molecule has 18 heavy (non-hydrogen) atoms. The number of methoxy groups -OCH3 is 1. The third kappa shape index (κ3) is 4.39. The second-order valence-electron chi connectivity index (χ2n) is 3.12. The predicted octanol–water partition coefficient (Wildman–Crippen LogP) is 1.68. The van der Waals surface area contributed by atoms with Crippen LogP contribution in [0.4, 0.5) is 0 Å². The fourth-order valence-corrected chi connectivity index (χ4v) is 1.33. The number of hydrogen-bond donors (Lipinski definition) is 1. The molecule has 0 amide bonds. The molecule has 0 bridgehead atoms. The van der Waals surface area contributed by atoms with Crippen LogP contribution in [0.2, 0.25) is 0 Å². The SMILES string of the molecule is C=CN(Cc1ccc(OC)c(C=O)c1)N=C.CO. The summed E-state index contributed by atoms with van der Waals surface area (Å²) in [6.07, 6.45) is 2.33. The van der Waals surface area contributed by atoms with E-state index >= 15 is 0 Å². The van der Waals surface area contributed by atoms with Crippen molar-refractivity contribution in [3.63, 3.8) is 0 Å². The molecule has 0 fully saturated rings. The van der Waals surface area contributed by atoms with Crippen LogP contribution >= 0.6 is 0 Å². The van der Waals surface area contributed by atoms with Crippen molar-refractivity contribution in [1.29, 1.82) is 0 Å². The number of aliphatic hydroxyl groups excluding tert-OH is 1. The summed E-state index contributed by atoms with van der Waals surface area (Å²) >= 11 is 0. The standard InChI is InChI=1S/C12H14N2O2.CH4O/c1-4-14(13-2)8-10-5-6-12(16-3)11(7-10)9-15;1-2/h4-7,9H,1-2,8H2,3H3;2H,1H3. The lowest BCUT2D eigenvalue weighted by Crippen LogP contribution is -2.08. The number of aliphatic hydroxyl groups is 1. The molecule has 0 heterocycles. The summed E-state index contributed by atoms with van der Waals surface area (Å²) in [6.45, 7) is 7.54. The van der Waals surface area contributed by atoms with Gasteiger partial charge in [-0.1, -0.05) is 12.6 Å². The summed E-state index contributed by atoms with van der Waals surface area (Å²) in [6, 6.07) is 5.38. The van der Waals surface area contributed by atoms with Gasteiger partial charge in [-0.3, -0.25) is 9.80 Å². The summed E-state index contributed by atoms with van der Waals surface area (Å²) in [5, 5.41) is 12.3. The normalized spacial score (nSPS) is 8.61. The third-order valence-corrected chi connectivity index (χ3v) is 2.16. The zero-order chi connectivity index (χ0) is 14.0. The molecular weight excluding hydrogens is 232 g/mol. The predicted molar refractivity (Wildman–Crippen MR) is 71.8 cm³/mol. The summed E-state index contributed by atoms with van der Waals surface area (Å²) in [4.78, 5) is 10.8. The number of nitrogens with zero attached hydrogens (tertiary/aromatic N) is 2. The Balaban J connectivity index is 0.00000137. The van der Waals surface area contributed by atoms with Gasteiger partial charge in [0, 0.05) is 20.0 Å². The van der Waals surface area contributed by atoms with Gasteiger partial charge in [0.25, 0.3) is 0 Å². The van der Waals surface area contributed by atoms with Crippen molar-refractivity contribution < 1.29 is 14.6 Å². The number of carbonyl (C=O) groups excluding carboxylic acids is 1. The van der Waals surface area contributed by atoms with E-state index in [1.165, 1.54) is 7.11 Å². The lowest BCUT2D eigenvalue weighted by atomic mass is 10.1. The van der Waals surface area contributed by atoms with Gasteiger partial charge in [-0.25, -0.2) is 0 Å². The Morgan fingerprint density at radius 1 is 1.50 bits per heavy atom. The smallest absolute Gasteiger partial charge is 0.153 e. The van der Waals surface area contributed by atoms with Gasteiger partial charge in [-0.15, -0.1) is 0 Å². The van der Waals surface area contributed by atoms with Gasteiger partial charge in [0.15, 0.2) is 6.29 Å². The molecule has 0 aliphatic carbocycles. The maximum absolute atomic E-state index is 10.8. The molecule has 0 unspecified atom stereocenters. The first-order chi connectivity index (χ1) is 8.74. The van der Waals surface area contributed by atoms with Crippen molar-refractivity contribution in [1.82, 2.24) is 5.01 Å². The molecule has 0 aromatic heterocycles. The molecule has 1 N–H and O–H groups in total. The van der Waals surface area contributed by atoms with Crippen molar-refractivity contribution in [2.24, 2.45) is 5.10 Å². The maximum atomic E-state index is 10.8. The Kier molecular flexibility index (Phi) is 7.89. The Labute approximate surface area is 107 Å². The first-order valence-electron chi connectivity index (χ1n) is 5.17. The summed E-state index contributed by atoms with van der Waals surface area (Å²) in [5.74, 6) is 0.565. The number of aldehydes is 1. The van der Waals surface area contributed by atoms with Crippen LogP contribution in [0, 0.1) is 0 Å². The average Bonchev–Trinajstić information content (AvgIpc) is 2.46. The van der Waals surface area contributed by atoms with E-state index in [0.717, 1.165) is 19.0 Å². The highest BCUT2D eigenvalue weighted by atomic mass is 16.5. The molecule has 1 aromatic rings. The molecule has 0 saturated heterocycles. The van der Waals surface area contributed by atoms with Gasteiger partial charge in [-0.2, -0.15) is 5.10 Å². The minimum Gasteiger partial charge on any atom is -0.496 e. The molecule has 0 atom stereocenters. The molecule has 0 radical (unpaired) electrons. The minimum absolute atomic E-state index is 0.521. The van der Waals surface area contributed by atoms with Crippen LogP contribution in [0.5, 0.6) is 5.75 Å². The lowest BCUT2D eigenvalue weighted by Gasteiger charge is -2.13. The number of ether oxygens (including phenoxy) is 1. The molecule has 5 nitrogen and oxygen atoms in total. The van der Waals surface area contributed by atoms with Crippen LogP contribution in [0.15, 0.2) is 36.1 Å². The average molecular weight is 250 g/mol. The van der Waals surface area contributed by atoms with Gasteiger partial charge in [0.2, 0.25) is 0 Å². The van der Waals surface area contributed by atoms with E-state index in [1.54, 1.807) is 23.3 Å². The van der Waals surface area contributed by atoms with E-state index < -0.39 is 0 Å². The molecule has 0 saturated carbocycles. The Morgan fingerprint density at radius 2 is 2.17 bits per heavy atom. The lowest BCUT2D eigenvalue weighted by molar-refractivity contribution is 0.112. The Bertz CT molecular complexity index is 397. The highest BCUT2D eigenvalue weighted by molar-refractivity contribution is 5.79. The van der Waals surface area contributed by atoms with Gasteiger partial charge in [0.1, 0.15) is 5.75 Å². The van der Waals surface area contributed by atoms with Crippen molar-refractivity contribution in [3.8, 4) is 5.75 Å². The van der Waals surface area contributed by atoms with E-state index in [0.29, 0.717) is 17.9 Å². The van der Waals surface area contributed by atoms with Crippen molar-refractivity contribution in [2.75, 3.05) is 14.2 Å². The van der Waals surface area contributed by atoms with Crippen LogP contribution in [0.25, 0.3) is 0 Å². The highest BCUT2D eigenvalue weighted by Gasteiger charge is 2.04. The van der Waals surface area contributed by atoms with Crippen LogP contribution < -0.4 is 4.74 Å². The third-order valence-electron chi connectivity index (χ3n) is 2.16. The molecule has 0 spiro atoms. The molecule has 1 rings (SSSR count). The number of hydrazone groups is 1. The van der Waals surface area contributed by atoms with Gasteiger partial charge in [-0.05, 0) is 17.7 Å². The number of benzene rings is 1. The van der Waals surface area contributed by atoms with E-state index in [1.807, 2.05) is 6.07 Å². The van der Waals surface area contributed by atoms with Crippen LogP contribution in [-0.4, -0.2) is 37.3 Å². The van der Waals surface area contributed by atoms with Crippen LogP contribution in [0.1, 0.15) is 15.9 Å². The number of rotatable bonds is 6. The number of hydrogen-bond acceptors (Lipinski definition) is 5. The fourth-order valence-electron chi connectivity index (χ4n) is 1.33. The fraction of sp³-hybridized carbons (Fsp3) is 0.231. The van der Waals surface area contributed by atoms with Crippen LogP contribution in [-0.2, 0) is 6.54 Å². The summed E-state index contributed by atoms with van der Waals surface area (Å²) in [5.41, 5.74) is 1.46. The molecule has 0 aliphatic rings. The van der Waals surface area contributed by atoms with E-state index in [4.69, 9.17) is 9.84 Å². The Morgan fingerprint density at radius 3 is 2.61 bits per heavy atom. The molecule has 5 heteroatoms. The van der Waals surface area contributed by atoms with Crippen molar-refractivity contribution >= 4 is 13.0 Å². The number of carbonyl (C=O) groups is 1. The molecule has 1 aromatic carbocycles. The second-order valence-corrected chi connectivity index (χ2v) is 3.12. The highest BCUT2D eigenvalue weighted by Crippen LogP contribution is 2.18. The molecule has 98 valence electrons.